The van der Waals surface area contributed by atoms with Crippen LogP contribution in [-0.2, 0) is 9.47 Å². The van der Waals surface area contributed by atoms with E-state index in [0.717, 1.165) is 6.42 Å². The number of methoxy groups -OCH3 is 3. The lowest BCUT2D eigenvalue weighted by molar-refractivity contribution is 0.0553. The molecule has 2 aromatic carbocycles. The summed E-state index contributed by atoms with van der Waals surface area (Å²) in [5, 5.41) is 6.03. The van der Waals surface area contributed by atoms with Gasteiger partial charge in [0.05, 0.1) is 20.8 Å². The van der Waals surface area contributed by atoms with Crippen LogP contribution in [0.1, 0.15) is 30.6 Å². The van der Waals surface area contributed by atoms with Crippen LogP contribution in [0.2, 0.25) is 0 Å². The van der Waals surface area contributed by atoms with E-state index in [-0.39, 0.29) is 24.0 Å². The minimum atomic E-state index is -0.551. The molecule has 2 atom stereocenters. The molecule has 1 saturated heterocycles. The van der Waals surface area contributed by atoms with Crippen LogP contribution in [0.25, 0.3) is 0 Å². The van der Waals surface area contributed by atoms with Gasteiger partial charge in [-0.1, -0.05) is 6.07 Å². The van der Waals surface area contributed by atoms with Crippen molar-refractivity contribution >= 4 is 17.7 Å². The Labute approximate surface area is 224 Å². The van der Waals surface area contributed by atoms with E-state index in [4.69, 9.17) is 23.7 Å². The molecule has 10 nitrogen and oxygen atoms in total. The average molecular weight is 530 g/mol. The van der Waals surface area contributed by atoms with Crippen molar-refractivity contribution in [2.75, 3.05) is 59.5 Å². The highest BCUT2D eigenvalue weighted by atomic mass is 16.6. The number of rotatable bonds is 13. The third-order valence-corrected chi connectivity index (χ3v) is 6.33. The summed E-state index contributed by atoms with van der Waals surface area (Å²) in [5.41, 5.74) is 1.08. The largest absolute Gasteiger partial charge is 0.497 e. The molecule has 0 bridgehead atoms. The van der Waals surface area contributed by atoms with Gasteiger partial charge in [-0.05, 0) is 44.2 Å². The number of anilines is 1. The van der Waals surface area contributed by atoms with Crippen molar-refractivity contribution in [3.8, 4) is 17.2 Å². The van der Waals surface area contributed by atoms with Gasteiger partial charge in [-0.2, -0.15) is 0 Å². The second kappa shape index (κ2) is 14.4. The number of nitrogens with one attached hydrogen (secondary N) is 2. The molecule has 1 aliphatic heterocycles. The maximum atomic E-state index is 13.6. The lowest BCUT2D eigenvalue weighted by Gasteiger charge is -2.31. The highest BCUT2D eigenvalue weighted by Gasteiger charge is 2.34. The molecule has 0 aromatic heterocycles. The van der Waals surface area contributed by atoms with Gasteiger partial charge in [0.15, 0.2) is 11.5 Å². The topological polar surface area (TPSA) is 108 Å². The molecule has 10 heteroatoms. The Morgan fingerprint density at radius 3 is 2.55 bits per heavy atom. The zero-order chi connectivity index (χ0) is 27.5. The van der Waals surface area contributed by atoms with Crippen molar-refractivity contribution in [1.29, 1.82) is 0 Å². The maximum absolute atomic E-state index is 13.6. The van der Waals surface area contributed by atoms with Gasteiger partial charge in [0.1, 0.15) is 11.9 Å². The molecular weight excluding hydrogens is 490 g/mol. The quantitative estimate of drug-likeness (QED) is 0.377. The molecule has 0 saturated carbocycles. The number of nitrogens with zero attached hydrogens (tertiary/aromatic N) is 1. The summed E-state index contributed by atoms with van der Waals surface area (Å²) in [5.74, 6) is 1.51. The predicted octanol–water partition coefficient (Wildman–Crippen LogP) is 3.81. The van der Waals surface area contributed by atoms with Crippen LogP contribution in [0.3, 0.4) is 0 Å². The van der Waals surface area contributed by atoms with E-state index in [9.17, 15) is 9.59 Å². The first-order valence-corrected chi connectivity index (χ1v) is 12.8. The number of hydrogen-bond donors (Lipinski definition) is 2. The predicted molar refractivity (Wildman–Crippen MR) is 144 cm³/mol. The number of amides is 2. The van der Waals surface area contributed by atoms with E-state index in [1.807, 2.05) is 13.8 Å². The fourth-order valence-corrected chi connectivity index (χ4v) is 4.27. The van der Waals surface area contributed by atoms with Gasteiger partial charge in [0, 0.05) is 69.0 Å². The van der Waals surface area contributed by atoms with Crippen LogP contribution in [-0.4, -0.2) is 83.2 Å². The average Bonchev–Trinajstić information content (AvgIpc) is 3.35. The van der Waals surface area contributed by atoms with Crippen molar-refractivity contribution in [3.05, 3.63) is 48.0 Å². The van der Waals surface area contributed by atoms with E-state index in [1.54, 1.807) is 68.7 Å². The summed E-state index contributed by atoms with van der Waals surface area (Å²) in [6, 6.07) is 12.2. The number of benzene rings is 2. The molecule has 0 unspecified atom stereocenters. The zero-order valence-corrected chi connectivity index (χ0v) is 22.8. The normalized spacial score (nSPS) is 16.7. The van der Waals surface area contributed by atoms with Gasteiger partial charge in [0.25, 0.3) is 5.91 Å². The third-order valence-electron chi connectivity index (χ3n) is 6.33. The van der Waals surface area contributed by atoms with Gasteiger partial charge in [-0.25, -0.2) is 4.79 Å². The molecule has 1 heterocycles. The van der Waals surface area contributed by atoms with Crippen LogP contribution >= 0.6 is 0 Å². The Morgan fingerprint density at radius 1 is 1.03 bits per heavy atom. The lowest BCUT2D eigenvalue weighted by atomic mass is 10.0. The van der Waals surface area contributed by atoms with Gasteiger partial charge in [0.2, 0.25) is 0 Å². The first kappa shape index (κ1) is 29.1. The Balaban J connectivity index is 1.66. The molecule has 0 aliphatic carbocycles. The first-order chi connectivity index (χ1) is 18.4. The molecule has 208 valence electrons. The first-order valence-electron chi connectivity index (χ1n) is 12.8. The van der Waals surface area contributed by atoms with Crippen LogP contribution in [0, 0.1) is 5.92 Å². The Morgan fingerprint density at radius 2 is 1.84 bits per heavy atom. The van der Waals surface area contributed by atoms with Gasteiger partial charge < -0.3 is 33.9 Å². The third kappa shape index (κ3) is 8.00. The van der Waals surface area contributed by atoms with E-state index in [1.165, 1.54) is 0 Å². The van der Waals surface area contributed by atoms with Crippen LogP contribution in [0.5, 0.6) is 17.2 Å². The molecule has 1 fully saturated rings. The highest BCUT2D eigenvalue weighted by Crippen LogP contribution is 2.29. The molecule has 0 spiro atoms. The fourth-order valence-electron chi connectivity index (χ4n) is 4.27. The summed E-state index contributed by atoms with van der Waals surface area (Å²) in [6.07, 6.45) is -0.216. The number of hydrogen-bond acceptors (Lipinski definition) is 8. The molecule has 0 radical (unpaired) electrons. The molecule has 1 aliphatic rings. The van der Waals surface area contributed by atoms with Gasteiger partial charge >= 0.3 is 6.09 Å². The molecule has 38 heavy (non-hydrogen) atoms. The monoisotopic (exact) mass is 529 g/mol. The van der Waals surface area contributed by atoms with Crippen molar-refractivity contribution in [1.82, 2.24) is 10.2 Å². The molecule has 3 rings (SSSR count). The van der Waals surface area contributed by atoms with Crippen molar-refractivity contribution in [3.63, 3.8) is 0 Å². The van der Waals surface area contributed by atoms with Crippen LogP contribution < -0.4 is 24.8 Å². The smallest absolute Gasteiger partial charge is 0.411 e. The number of carbonyl (C=O) groups excluding carboxylic acids is 2. The molecule has 2 aromatic rings. The van der Waals surface area contributed by atoms with E-state index in [2.05, 4.69) is 10.6 Å². The Hall–Kier alpha value is -3.50. The van der Waals surface area contributed by atoms with Gasteiger partial charge in [-0.15, -0.1) is 0 Å². The molecule has 2 amide bonds. The van der Waals surface area contributed by atoms with Gasteiger partial charge in [-0.3, -0.25) is 10.1 Å². The number of ether oxygens (including phenoxy) is 5. The second-order valence-corrected chi connectivity index (χ2v) is 9.33. The maximum Gasteiger partial charge on any atom is 0.411 e. The van der Waals surface area contributed by atoms with E-state index in [0.29, 0.717) is 61.3 Å². The Kier molecular flexibility index (Phi) is 11.0. The summed E-state index contributed by atoms with van der Waals surface area (Å²) in [4.78, 5) is 28.0. The molecule has 2 N–H and O–H groups in total. The van der Waals surface area contributed by atoms with E-state index >= 15 is 0 Å². The van der Waals surface area contributed by atoms with Crippen molar-refractivity contribution in [2.24, 2.45) is 5.92 Å². The molecular formula is C28H39N3O7. The van der Waals surface area contributed by atoms with Crippen LogP contribution in [0.15, 0.2) is 42.5 Å². The van der Waals surface area contributed by atoms with E-state index < -0.39 is 6.09 Å². The minimum absolute atomic E-state index is 0.0671. The van der Waals surface area contributed by atoms with Crippen LogP contribution in [0.4, 0.5) is 10.5 Å². The van der Waals surface area contributed by atoms with Crippen molar-refractivity contribution in [2.45, 2.75) is 32.4 Å². The Bertz CT molecular complexity index is 1060. The minimum Gasteiger partial charge on any atom is -0.497 e. The SMILES string of the molecule is COCCCOc1cc(C(=O)N(C[C@H]2CNC[C@H]2OC(=O)Nc2cccc(OC)c2)C(C)C)ccc1OC. The van der Waals surface area contributed by atoms with Crippen molar-refractivity contribution < 1.29 is 33.3 Å². The standard InChI is InChI=1S/C28H39N3O7/c1-19(2)31(27(32)20-10-11-24(36-5)25(14-20)37-13-7-12-34-3)18-21-16-29-17-26(21)38-28(33)30-22-8-6-9-23(15-22)35-4/h6,8-11,14-15,19,21,26,29H,7,12-13,16-18H2,1-5H3,(H,30,33)/t21-,26-/m1/s1. The summed E-state index contributed by atoms with van der Waals surface area (Å²) in [6.45, 7) is 6.53. The second-order valence-electron chi connectivity index (χ2n) is 9.33. The summed E-state index contributed by atoms with van der Waals surface area (Å²) >= 11 is 0. The summed E-state index contributed by atoms with van der Waals surface area (Å²) < 4.78 is 27.3. The fraction of sp³-hybridized carbons (Fsp3) is 0.500. The highest BCUT2D eigenvalue weighted by molar-refractivity contribution is 5.95. The zero-order valence-electron chi connectivity index (χ0n) is 22.8. The summed E-state index contributed by atoms with van der Waals surface area (Å²) in [7, 11) is 4.77. The lowest BCUT2D eigenvalue weighted by Crippen LogP contribution is -2.44. The number of carbonyl (C=O) groups is 2.